The van der Waals surface area contributed by atoms with Crippen LogP contribution in [0.4, 0.5) is 0 Å². The molecule has 0 aliphatic heterocycles. The summed E-state index contributed by atoms with van der Waals surface area (Å²) in [5.41, 5.74) is 1.42. The van der Waals surface area contributed by atoms with E-state index in [2.05, 4.69) is 41.5 Å². The van der Waals surface area contributed by atoms with Crippen molar-refractivity contribution in [1.29, 1.82) is 0 Å². The molecule has 0 spiro atoms. The molecule has 0 saturated heterocycles. The zero-order valence-electron chi connectivity index (χ0n) is 16.2. The number of hydrogen-bond donors (Lipinski definition) is 0. The van der Waals surface area contributed by atoms with Gasteiger partial charge in [0, 0.05) is 11.8 Å². The van der Waals surface area contributed by atoms with Crippen molar-refractivity contribution < 1.29 is 0 Å². The molecule has 0 N–H and O–H groups in total. The van der Waals surface area contributed by atoms with Gasteiger partial charge < -0.3 is 0 Å². The first-order valence-electron chi connectivity index (χ1n) is 9.98. The lowest BCUT2D eigenvalue weighted by Crippen LogP contribution is -2.25. The van der Waals surface area contributed by atoms with Gasteiger partial charge in [-0.05, 0) is 63.7 Å². The number of nitrogens with zero attached hydrogens (tertiary/aromatic N) is 1. The molecule has 1 aliphatic carbocycles. The van der Waals surface area contributed by atoms with Crippen LogP contribution in [0.2, 0.25) is 0 Å². The fourth-order valence-corrected chi connectivity index (χ4v) is 4.49. The molecule has 22 heavy (non-hydrogen) atoms. The molecule has 1 saturated carbocycles. The number of rotatable bonds is 9. The van der Waals surface area contributed by atoms with Gasteiger partial charge in [-0.2, -0.15) is 0 Å². The van der Waals surface area contributed by atoms with Crippen LogP contribution in [-0.4, -0.2) is 11.8 Å². The van der Waals surface area contributed by atoms with Crippen LogP contribution in [0, 0.1) is 23.7 Å². The largest absolute Gasteiger partial charge is 0.291 e. The Bertz CT molecular complexity index is 318. The topological polar surface area (TPSA) is 12.4 Å². The maximum atomic E-state index is 4.90. The number of unbranched alkanes of at least 4 members (excludes halogenated alkanes) is 2. The summed E-state index contributed by atoms with van der Waals surface area (Å²) in [4.78, 5) is 4.90. The minimum atomic E-state index is 0.440. The third kappa shape index (κ3) is 7.29. The van der Waals surface area contributed by atoms with E-state index < -0.39 is 0 Å². The van der Waals surface area contributed by atoms with Crippen LogP contribution in [0.25, 0.3) is 0 Å². The molecule has 4 unspecified atom stereocenters. The Morgan fingerprint density at radius 2 is 1.86 bits per heavy atom. The lowest BCUT2D eigenvalue weighted by Gasteiger charge is -2.32. The maximum Gasteiger partial charge on any atom is 0.0442 e. The van der Waals surface area contributed by atoms with Gasteiger partial charge in [-0.1, -0.05) is 59.3 Å². The van der Waals surface area contributed by atoms with Crippen molar-refractivity contribution in [2.24, 2.45) is 28.7 Å². The quantitative estimate of drug-likeness (QED) is 0.324. The summed E-state index contributed by atoms with van der Waals surface area (Å²) in [5.74, 6) is 3.44. The van der Waals surface area contributed by atoms with Crippen molar-refractivity contribution in [3.8, 4) is 0 Å². The molecular formula is C21H41N. The van der Waals surface area contributed by atoms with Crippen LogP contribution < -0.4 is 0 Å². The normalized spacial score (nSPS) is 26.2. The molecule has 130 valence electrons. The summed E-state index contributed by atoms with van der Waals surface area (Å²) in [6.45, 7) is 13.9. The van der Waals surface area contributed by atoms with Crippen molar-refractivity contribution in [1.82, 2.24) is 0 Å². The Hall–Kier alpha value is -0.330. The minimum Gasteiger partial charge on any atom is -0.291 e. The first kappa shape index (κ1) is 19.7. The fraction of sp³-hybridized carbons (Fsp3) is 0.952. The van der Waals surface area contributed by atoms with E-state index in [0.29, 0.717) is 12.0 Å². The van der Waals surface area contributed by atoms with E-state index in [1.54, 1.807) is 0 Å². The SMILES string of the molecule is CCCCCC(C(C)=NC(C)C)C(C)CC1CCCC(C)C1. The van der Waals surface area contributed by atoms with Crippen molar-refractivity contribution in [3.05, 3.63) is 0 Å². The Kier molecular flexibility index (Phi) is 9.36. The molecule has 0 amide bonds. The summed E-state index contributed by atoms with van der Waals surface area (Å²) in [5, 5.41) is 0. The highest BCUT2D eigenvalue weighted by Crippen LogP contribution is 2.36. The summed E-state index contributed by atoms with van der Waals surface area (Å²) in [7, 11) is 0. The third-order valence-electron chi connectivity index (χ3n) is 5.55. The van der Waals surface area contributed by atoms with Gasteiger partial charge >= 0.3 is 0 Å². The molecule has 0 aromatic heterocycles. The molecule has 4 atom stereocenters. The van der Waals surface area contributed by atoms with Crippen LogP contribution >= 0.6 is 0 Å². The molecule has 1 fully saturated rings. The third-order valence-corrected chi connectivity index (χ3v) is 5.55. The van der Waals surface area contributed by atoms with Crippen LogP contribution in [0.1, 0.15) is 99.3 Å². The number of hydrogen-bond acceptors (Lipinski definition) is 1. The minimum absolute atomic E-state index is 0.440. The van der Waals surface area contributed by atoms with Gasteiger partial charge in [-0.3, -0.25) is 4.99 Å². The highest BCUT2D eigenvalue weighted by molar-refractivity contribution is 5.84. The highest BCUT2D eigenvalue weighted by Gasteiger charge is 2.26. The second kappa shape index (κ2) is 10.4. The predicted molar refractivity (Wildman–Crippen MR) is 101 cm³/mol. The smallest absolute Gasteiger partial charge is 0.0442 e. The Morgan fingerprint density at radius 1 is 1.14 bits per heavy atom. The number of aliphatic imine (C=N–C) groups is 1. The second-order valence-electron chi connectivity index (χ2n) is 8.32. The summed E-state index contributed by atoms with van der Waals surface area (Å²) < 4.78 is 0. The Morgan fingerprint density at radius 3 is 2.45 bits per heavy atom. The second-order valence-corrected chi connectivity index (χ2v) is 8.32. The summed E-state index contributed by atoms with van der Waals surface area (Å²) >= 11 is 0. The monoisotopic (exact) mass is 307 g/mol. The van der Waals surface area contributed by atoms with Gasteiger partial charge in [0.25, 0.3) is 0 Å². The maximum absolute atomic E-state index is 4.90. The molecule has 0 heterocycles. The molecule has 0 radical (unpaired) electrons. The van der Waals surface area contributed by atoms with E-state index in [1.165, 1.54) is 63.5 Å². The molecule has 1 rings (SSSR count). The molecule has 0 bridgehead atoms. The molecule has 1 heteroatoms. The summed E-state index contributed by atoms with van der Waals surface area (Å²) in [6, 6.07) is 0.440. The lowest BCUT2D eigenvalue weighted by atomic mass is 9.74. The van der Waals surface area contributed by atoms with Gasteiger partial charge in [0.2, 0.25) is 0 Å². The van der Waals surface area contributed by atoms with Crippen molar-refractivity contribution in [3.63, 3.8) is 0 Å². The Labute approximate surface area is 140 Å². The highest BCUT2D eigenvalue weighted by atomic mass is 14.8. The van der Waals surface area contributed by atoms with E-state index in [-0.39, 0.29) is 0 Å². The summed E-state index contributed by atoms with van der Waals surface area (Å²) in [6.07, 6.45) is 12.7. The lowest BCUT2D eigenvalue weighted by molar-refractivity contribution is 0.224. The van der Waals surface area contributed by atoms with E-state index in [0.717, 1.165) is 17.8 Å². The van der Waals surface area contributed by atoms with Gasteiger partial charge in [-0.25, -0.2) is 0 Å². The van der Waals surface area contributed by atoms with Gasteiger partial charge in [0.05, 0.1) is 0 Å². The van der Waals surface area contributed by atoms with Crippen LogP contribution in [0.5, 0.6) is 0 Å². The predicted octanol–water partition coefficient (Wildman–Crippen LogP) is 6.90. The van der Waals surface area contributed by atoms with Gasteiger partial charge in [0.15, 0.2) is 0 Å². The van der Waals surface area contributed by atoms with Crippen LogP contribution in [-0.2, 0) is 0 Å². The fourth-order valence-electron chi connectivity index (χ4n) is 4.49. The van der Waals surface area contributed by atoms with E-state index in [4.69, 9.17) is 4.99 Å². The van der Waals surface area contributed by atoms with E-state index >= 15 is 0 Å². The van der Waals surface area contributed by atoms with E-state index in [9.17, 15) is 0 Å². The first-order chi connectivity index (χ1) is 10.4. The molecule has 1 nitrogen and oxygen atoms in total. The molecule has 1 aliphatic rings. The first-order valence-corrected chi connectivity index (χ1v) is 9.98. The van der Waals surface area contributed by atoms with Gasteiger partial charge in [0.1, 0.15) is 0 Å². The average Bonchev–Trinajstić information content (AvgIpc) is 2.42. The zero-order chi connectivity index (χ0) is 16.5. The van der Waals surface area contributed by atoms with Crippen molar-refractivity contribution in [2.75, 3.05) is 0 Å². The zero-order valence-corrected chi connectivity index (χ0v) is 16.2. The molecular weight excluding hydrogens is 266 g/mol. The van der Waals surface area contributed by atoms with Crippen LogP contribution in [0.3, 0.4) is 0 Å². The van der Waals surface area contributed by atoms with Crippen LogP contribution in [0.15, 0.2) is 4.99 Å². The average molecular weight is 308 g/mol. The molecule has 0 aromatic carbocycles. The Balaban J connectivity index is 2.62. The standard InChI is InChI=1S/C21H41N/c1-7-8-9-13-21(19(6)22-16(2)3)18(5)15-20-12-10-11-17(4)14-20/h16-18,20-21H,7-15H2,1-6H3. The molecule has 0 aromatic rings. The van der Waals surface area contributed by atoms with E-state index in [1.807, 2.05) is 0 Å². The van der Waals surface area contributed by atoms with Crippen molar-refractivity contribution in [2.45, 2.75) is 105 Å². The van der Waals surface area contributed by atoms with Crippen molar-refractivity contribution >= 4 is 5.71 Å². The van der Waals surface area contributed by atoms with Gasteiger partial charge in [-0.15, -0.1) is 0 Å².